The summed E-state index contributed by atoms with van der Waals surface area (Å²) in [4.78, 5) is 0. The van der Waals surface area contributed by atoms with Crippen molar-refractivity contribution in [2.75, 3.05) is 6.61 Å². The summed E-state index contributed by atoms with van der Waals surface area (Å²) < 4.78 is 10.4. The van der Waals surface area contributed by atoms with Gasteiger partial charge < -0.3 is 9.15 Å². The molecule has 1 aromatic heterocycles. The fourth-order valence-corrected chi connectivity index (χ4v) is 0.790. The Hall–Kier alpha value is -0.760. The van der Waals surface area contributed by atoms with Crippen LogP contribution in [0.2, 0.25) is 0 Å². The Balaban J connectivity index is 0.000000671. The zero-order valence-electron chi connectivity index (χ0n) is 9.04. The number of ether oxygens (including phenoxy) is 1. The highest BCUT2D eigenvalue weighted by atomic mass is 16.5. The van der Waals surface area contributed by atoms with Crippen molar-refractivity contribution in [3.8, 4) is 0 Å². The third-order valence-corrected chi connectivity index (χ3v) is 1.28. The van der Waals surface area contributed by atoms with Crippen LogP contribution in [0, 0.1) is 5.92 Å². The molecule has 1 heterocycles. The molecule has 0 aliphatic rings. The lowest BCUT2D eigenvalue weighted by Crippen LogP contribution is -2.00. The molecule has 0 saturated carbocycles. The molecule has 2 nitrogen and oxygen atoms in total. The van der Waals surface area contributed by atoms with Crippen molar-refractivity contribution >= 4 is 0 Å². The van der Waals surface area contributed by atoms with Gasteiger partial charge in [-0.1, -0.05) is 27.7 Å². The van der Waals surface area contributed by atoms with Crippen LogP contribution in [0.15, 0.2) is 22.8 Å². The van der Waals surface area contributed by atoms with Crippen LogP contribution in [-0.2, 0) is 11.3 Å². The molecule has 0 unspecified atom stereocenters. The molecule has 1 rings (SSSR count). The minimum Gasteiger partial charge on any atom is -0.467 e. The van der Waals surface area contributed by atoms with Gasteiger partial charge in [-0.05, 0) is 18.1 Å². The van der Waals surface area contributed by atoms with Crippen LogP contribution < -0.4 is 0 Å². The minimum absolute atomic E-state index is 0.588. The van der Waals surface area contributed by atoms with Crippen molar-refractivity contribution in [3.63, 3.8) is 0 Å². The van der Waals surface area contributed by atoms with Gasteiger partial charge in [-0.15, -0.1) is 0 Å². The lowest BCUT2D eigenvalue weighted by molar-refractivity contribution is 0.0846. The first kappa shape index (κ1) is 12.2. The minimum atomic E-state index is 0.588. The normalized spacial score (nSPS) is 9.62. The average molecular weight is 184 g/mol. The quantitative estimate of drug-likeness (QED) is 0.714. The predicted octanol–water partition coefficient (Wildman–Crippen LogP) is 3.48. The van der Waals surface area contributed by atoms with Gasteiger partial charge in [0.15, 0.2) is 0 Å². The lowest BCUT2D eigenvalue weighted by atomic mass is 10.2. The SMILES string of the molecule is CC.CC(C)COCc1ccco1. The predicted molar refractivity (Wildman–Crippen MR) is 54.6 cm³/mol. The Morgan fingerprint density at radius 3 is 2.54 bits per heavy atom. The summed E-state index contributed by atoms with van der Waals surface area (Å²) in [6.45, 7) is 9.64. The summed E-state index contributed by atoms with van der Waals surface area (Å²) in [6.07, 6.45) is 1.66. The Morgan fingerprint density at radius 1 is 1.38 bits per heavy atom. The fraction of sp³-hybridized carbons (Fsp3) is 0.636. The van der Waals surface area contributed by atoms with Gasteiger partial charge in [0, 0.05) is 6.61 Å². The third-order valence-electron chi connectivity index (χ3n) is 1.28. The highest BCUT2D eigenvalue weighted by Crippen LogP contribution is 2.03. The first-order valence-corrected chi connectivity index (χ1v) is 4.89. The molecule has 0 spiro atoms. The molecule has 0 radical (unpaired) electrons. The smallest absolute Gasteiger partial charge is 0.129 e. The molecule has 0 atom stereocenters. The van der Waals surface area contributed by atoms with Gasteiger partial charge in [-0.2, -0.15) is 0 Å². The second-order valence-electron chi connectivity index (χ2n) is 2.99. The number of hydrogen-bond acceptors (Lipinski definition) is 2. The Labute approximate surface area is 80.9 Å². The largest absolute Gasteiger partial charge is 0.467 e. The maximum absolute atomic E-state index is 5.35. The maximum Gasteiger partial charge on any atom is 0.129 e. The summed E-state index contributed by atoms with van der Waals surface area (Å²) in [6, 6.07) is 3.79. The molecule has 2 heteroatoms. The van der Waals surface area contributed by atoms with E-state index in [2.05, 4.69) is 13.8 Å². The van der Waals surface area contributed by atoms with E-state index in [1.54, 1.807) is 6.26 Å². The van der Waals surface area contributed by atoms with Gasteiger partial charge in [-0.3, -0.25) is 0 Å². The van der Waals surface area contributed by atoms with Crippen LogP contribution in [0.5, 0.6) is 0 Å². The van der Waals surface area contributed by atoms with Crippen molar-refractivity contribution in [1.82, 2.24) is 0 Å². The van der Waals surface area contributed by atoms with E-state index in [9.17, 15) is 0 Å². The first-order valence-electron chi connectivity index (χ1n) is 4.89. The van der Waals surface area contributed by atoms with Crippen LogP contribution in [-0.4, -0.2) is 6.61 Å². The van der Waals surface area contributed by atoms with E-state index in [0.717, 1.165) is 12.4 Å². The van der Waals surface area contributed by atoms with Crippen LogP contribution in [0.1, 0.15) is 33.5 Å². The van der Waals surface area contributed by atoms with E-state index in [1.807, 2.05) is 26.0 Å². The molecule has 0 saturated heterocycles. The van der Waals surface area contributed by atoms with Gasteiger partial charge >= 0.3 is 0 Å². The first-order chi connectivity index (χ1) is 6.29. The summed E-state index contributed by atoms with van der Waals surface area (Å²) >= 11 is 0. The van der Waals surface area contributed by atoms with Crippen molar-refractivity contribution in [1.29, 1.82) is 0 Å². The lowest BCUT2D eigenvalue weighted by Gasteiger charge is -2.03. The second-order valence-corrected chi connectivity index (χ2v) is 2.99. The van der Waals surface area contributed by atoms with Gasteiger partial charge in [-0.25, -0.2) is 0 Å². The van der Waals surface area contributed by atoms with Gasteiger partial charge in [0.2, 0.25) is 0 Å². The van der Waals surface area contributed by atoms with Crippen LogP contribution in [0.3, 0.4) is 0 Å². The van der Waals surface area contributed by atoms with Gasteiger partial charge in [0.05, 0.1) is 6.26 Å². The van der Waals surface area contributed by atoms with E-state index in [4.69, 9.17) is 9.15 Å². The molecule has 0 bridgehead atoms. The van der Waals surface area contributed by atoms with Crippen molar-refractivity contribution in [2.45, 2.75) is 34.3 Å². The highest BCUT2D eigenvalue weighted by molar-refractivity contribution is 4.95. The molecule has 1 aromatic rings. The van der Waals surface area contributed by atoms with E-state index in [-0.39, 0.29) is 0 Å². The molecular weight excluding hydrogens is 164 g/mol. The molecule has 0 fully saturated rings. The molecular formula is C11H20O2. The summed E-state index contributed by atoms with van der Waals surface area (Å²) in [7, 11) is 0. The molecule has 0 aromatic carbocycles. The van der Waals surface area contributed by atoms with Gasteiger partial charge in [0.25, 0.3) is 0 Å². The molecule has 0 aliphatic heterocycles. The molecule has 0 aliphatic carbocycles. The maximum atomic E-state index is 5.35. The van der Waals surface area contributed by atoms with Crippen LogP contribution in [0.4, 0.5) is 0 Å². The zero-order chi connectivity index (χ0) is 10.1. The Bertz CT molecular complexity index is 178. The van der Waals surface area contributed by atoms with Crippen molar-refractivity contribution in [3.05, 3.63) is 24.2 Å². The number of rotatable bonds is 4. The van der Waals surface area contributed by atoms with E-state index < -0.39 is 0 Å². The molecule has 13 heavy (non-hydrogen) atoms. The fourth-order valence-electron chi connectivity index (χ4n) is 0.790. The highest BCUT2D eigenvalue weighted by Gasteiger charge is 1.96. The van der Waals surface area contributed by atoms with Crippen molar-refractivity contribution in [2.24, 2.45) is 5.92 Å². The summed E-state index contributed by atoms with van der Waals surface area (Å²) in [5, 5.41) is 0. The Morgan fingerprint density at radius 2 is 2.08 bits per heavy atom. The van der Waals surface area contributed by atoms with Crippen LogP contribution >= 0.6 is 0 Å². The molecule has 0 amide bonds. The average Bonchev–Trinajstić information content (AvgIpc) is 2.60. The number of furan rings is 1. The summed E-state index contributed by atoms with van der Waals surface area (Å²) in [5.41, 5.74) is 0. The van der Waals surface area contributed by atoms with E-state index in [0.29, 0.717) is 12.5 Å². The second kappa shape index (κ2) is 7.87. The van der Waals surface area contributed by atoms with E-state index in [1.165, 1.54) is 0 Å². The third kappa shape index (κ3) is 6.41. The topological polar surface area (TPSA) is 22.4 Å². The van der Waals surface area contributed by atoms with Gasteiger partial charge in [0.1, 0.15) is 12.4 Å². The molecule has 76 valence electrons. The molecule has 0 N–H and O–H groups in total. The summed E-state index contributed by atoms with van der Waals surface area (Å²) in [5.74, 6) is 1.48. The standard InChI is InChI=1S/C9H14O2.C2H6/c1-8(2)6-10-7-9-4-3-5-11-9;1-2/h3-5,8H,6-7H2,1-2H3;1-2H3. The monoisotopic (exact) mass is 184 g/mol. The Kier molecular flexibility index (Phi) is 7.41. The van der Waals surface area contributed by atoms with Crippen LogP contribution in [0.25, 0.3) is 0 Å². The van der Waals surface area contributed by atoms with Crippen molar-refractivity contribution < 1.29 is 9.15 Å². The van der Waals surface area contributed by atoms with E-state index >= 15 is 0 Å². The zero-order valence-corrected chi connectivity index (χ0v) is 9.04. The number of hydrogen-bond donors (Lipinski definition) is 0.